The zero-order valence-corrected chi connectivity index (χ0v) is 47.0. The molecule has 3 aliphatic rings. The lowest BCUT2D eigenvalue weighted by Gasteiger charge is -2.46. The van der Waals surface area contributed by atoms with Gasteiger partial charge in [-0.3, -0.25) is 0 Å². The fourth-order valence-electron chi connectivity index (χ4n) is 12.2. The molecule has 0 radical (unpaired) electrons. The van der Waals surface area contributed by atoms with E-state index < -0.39 is 0 Å². The highest BCUT2D eigenvalue weighted by Gasteiger charge is 2.45. The molecule has 3 heterocycles. The van der Waals surface area contributed by atoms with Crippen molar-refractivity contribution in [2.24, 2.45) is 0 Å². The summed E-state index contributed by atoms with van der Waals surface area (Å²) in [7, 11) is 0. The molecule has 9 aromatic rings. The van der Waals surface area contributed by atoms with Gasteiger partial charge in [0.25, 0.3) is 6.71 Å². The first-order chi connectivity index (χ1) is 36.1. The van der Waals surface area contributed by atoms with Crippen molar-refractivity contribution < 1.29 is 0 Å². The van der Waals surface area contributed by atoms with Gasteiger partial charge < -0.3 is 14.7 Å². The predicted molar refractivity (Wildman–Crippen MR) is 332 cm³/mol. The molecule has 0 fully saturated rings. The van der Waals surface area contributed by atoms with Gasteiger partial charge in [-0.15, -0.1) is 0 Å². The van der Waals surface area contributed by atoms with Gasteiger partial charge in [0.2, 0.25) is 6.71 Å². The summed E-state index contributed by atoms with van der Waals surface area (Å²) in [6.45, 7) is 30.8. The van der Waals surface area contributed by atoms with Crippen LogP contribution in [0.5, 0.6) is 0 Å². The smallest absolute Gasteiger partial charge is 0.252 e. The maximum absolute atomic E-state index is 2.65. The number of benzene rings is 9. The Bertz CT molecular complexity index is 3430. The third kappa shape index (κ3) is 8.38. The van der Waals surface area contributed by atoms with E-state index in [1.807, 2.05) is 0 Å². The normalized spacial score (nSPS) is 14.0. The molecule has 0 aromatic heterocycles. The zero-order valence-electron chi connectivity index (χ0n) is 47.0. The van der Waals surface area contributed by atoms with Gasteiger partial charge in [0, 0.05) is 45.5 Å². The quantitative estimate of drug-likeness (QED) is 0.159. The second kappa shape index (κ2) is 17.8. The summed E-state index contributed by atoms with van der Waals surface area (Å²) in [5.41, 5.74) is 27.1. The standard InChI is InChI=1S/C71H71B2N3/c1-68(2,3)50-38-51(69(4,5)6)41-54(40-50)75-63-34-32-48(46-24-16-14-17-25-46)36-59(63)73-60-37-49(47-26-18-15-19-27-47)33-35-64(60)76(55-42-52(70(7,8)9)39-53(43-55)71(10,11)12)66-45-56(44-65(75)67(66)73)74-61-30-22-20-28-57(61)72(13)58-29-21-23-31-62(58)74/h14-45H,1-13H3. The summed E-state index contributed by atoms with van der Waals surface area (Å²) in [5.74, 6) is 0. The van der Waals surface area contributed by atoms with Crippen LogP contribution in [0.25, 0.3) is 22.3 Å². The SMILES string of the molecule is CB1c2ccccc2N(c2cc3c4c(c2)N(c2cc(C(C)(C)C)cc(C(C)(C)C)c2)c2ccc(-c5ccccc5)cc2B4c2cc(-c4ccccc4)ccc2N3c2cc(C(C)(C)C)cc(C(C)(C)C)c2)c2ccccc21. The van der Waals surface area contributed by atoms with Gasteiger partial charge in [-0.2, -0.15) is 0 Å². The molecule has 9 aromatic carbocycles. The Kier molecular flexibility index (Phi) is 11.6. The Labute approximate surface area is 454 Å². The van der Waals surface area contributed by atoms with Gasteiger partial charge in [-0.05, 0) is 143 Å². The van der Waals surface area contributed by atoms with E-state index in [9.17, 15) is 0 Å². The lowest BCUT2D eigenvalue weighted by atomic mass is 9.33. The monoisotopic (exact) mass is 988 g/mol. The summed E-state index contributed by atoms with van der Waals surface area (Å²) in [6, 6.07) is 74.6. The molecule has 12 rings (SSSR count). The van der Waals surface area contributed by atoms with E-state index in [4.69, 9.17) is 0 Å². The number of fused-ring (bicyclic) bond motifs is 6. The second-order valence-electron chi connectivity index (χ2n) is 26.0. The molecule has 0 saturated carbocycles. The van der Waals surface area contributed by atoms with Crippen molar-refractivity contribution >= 4 is 91.9 Å². The van der Waals surface area contributed by atoms with Crippen molar-refractivity contribution in [3.8, 4) is 22.3 Å². The van der Waals surface area contributed by atoms with Gasteiger partial charge in [0.1, 0.15) is 0 Å². The van der Waals surface area contributed by atoms with Crippen LogP contribution in [0.3, 0.4) is 0 Å². The number of hydrogen-bond acceptors (Lipinski definition) is 3. The maximum Gasteiger partial charge on any atom is 0.252 e. The lowest BCUT2D eigenvalue weighted by molar-refractivity contribution is 0.568. The van der Waals surface area contributed by atoms with Crippen LogP contribution >= 0.6 is 0 Å². The van der Waals surface area contributed by atoms with Crippen LogP contribution in [-0.2, 0) is 21.7 Å². The van der Waals surface area contributed by atoms with Crippen molar-refractivity contribution in [2.45, 2.75) is 112 Å². The van der Waals surface area contributed by atoms with Crippen LogP contribution in [0.4, 0.5) is 51.2 Å². The third-order valence-electron chi connectivity index (χ3n) is 16.6. The van der Waals surface area contributed by atoms with E-state index in [2.05, 4.69) is 299 Å². The molecule has 0 atom stereocenters. The highest BCUT2D eigenvalue weighted by atomic mass is 15.2. The van der Waals surface area contributed by atoms with Crippen molar-refractivity contribution in [1.82, 2.24) is 0 Å². The molecule has 0 spiro atoms. The molecule has 5 heteroatoms. The third-order valence-corrected chi connectivity index (χ3v) is 16.6. The predicted octanol–water partition coefficient (Wildman–Crippen LogP) is 16.3. The first kappa shape index (κ1) is 49.4. The maximum atomic E-state index is 2.65. The molecule has 0 N–H and O–H groups in total. The summed E-state index contributed by atoms with van der Waals surface area (Å²) in [6.07, 6.45) is 0. The van der Waals surface area contributed by atoms with Crippen LogP contribution in [-0.4, -0.2) is 13.4 Å². The number of anilines is 9. The Balaban J connectivity index is 1.26. The van der Waals surface area contributed by atoms with Gasteiger partial charge in [0.15, 0.2) is 0 Å². The largest absolute Gasteiger partial charge is 0.311 e. The minimum absolute atomic E-state index is 0.0973. The summed E-state index contributed by atoms with van der Waals surface area (Å²) in [5, 5.41) is 0. The molecular formula is C71H71B2N3. The Morgan fingerprint density at radius 2 is 0.592 bits per heavy atom. The van der Waals surface area contributed by atoms with E-state index >= 15 is 0 Å². The minimum atomic E-state index is -0.106. The van der Waals surface area contributed by atoms with E-state index in [1.165, 1.54) is 117 Å². The van der Waals surface area contributed by atoms with Crippen LogP contribution in [0.2, 0.25) is 6.82 Å². The molecular weight excluding hydrogens is 916 g/mol. The van der Waals surface area contributed by atoms with Gasteiger partial charge in [-0.1, -0.05) is 234 Å². The van der Waals surface area contributed by atoms with Gasteiger partial charge in [-0.25, -0.2) is 0 Å². The first-order valence-corrected chi connectivity index (χ1v) is 27.6. The summed E-state index contributed by atoms with van der Waals surface area (Å²) >= 11 is 0. The number of para-hydroxylation sites is 2. The number of rotatable bonds is 5. The summed E-state index contributed by atoms with van der Waals surface area (Å²) in [4.78, 5) is 7.86. The van der Waals surface area contributed by atoms with Crippen molar-refractivity contribution in [2.75, 3.05) is 14.7 Å². The molecule has 0 unspecified atom stereocenters. The summed E-state index contributed by atoms with van der Waals surface area (Å²) < 4.78 is 0. The molecule has 76 heavy (non-hydrogen) atoms. The molecule has 0 bridgehead atoms. The Morgan fingerprint density at radius 1 is 0.276 bits per heavy atom. The Hall–Kier alpha value is -7.49. The molecule has 3 nitrogen and oxygen atoms in total. The van der Waals surface area contributed by atoms with E-state index in [0.717, 1.165) is 5.69 Å². The molecule has 0 amide bonds. The minimum Gasteiger partial charge on any atom is -0.311 e. The van der Waals surface area contributed by atoms with Gasteiger partial charge >= 0.3 is 0 Å². The highest BCUT2D eigenvalue weighted by molar-refractivity contribution is 7.00. The van der Waals surface area contributed by atoms with Crippen molar-refractivity contribution in [1.29, 1.82) is 0 Å². The fourth-order valence-corrected chi connectivity index (χ4v) is 12.2. The first-order valence-electron chi connectivity index (χ1n) is 27.6. The topological polar surface area (TPSA) is 9.72 Å². The number of nitrogens with zero attached hydrogens (tertiary/aromatic N) is 3. The average molecular weight is 988 g/mol. The van der Waals surface area contributed by atoms with Crippen LogP contribution in [0.1, 0.15) is 105 Å². The molecule has 0 aliphatic carbocycles. The fraction of sp³-hybridized carbons (Fsp3) is 0.239. The van der Waals surface area contributed by atoms with Crippen molar-refractivity contribution in [3.05, 3.63) is 216 Å². The van der Waals surface area contributed by atoms with Crippen molar-refractivity contribution in [3.63, 3.8) is 0 Å². The van der Waals surface area contributed by atoms with Crippen LogP contribution < -0.4 is 42.0 Å². The second-order valence-corrected chi connectivity index (χ2v) is 26.0. The Morgan fingerprint density at radius 3 is 0.961 bits per heavy atom. The molecule has 3 aliphatic heterocycles. The molecule has 376 valence electrons. The highest BCUT2D eigenvalue weighted by Crippen LogP contribution is 2.51. The van der Waals surface area contributed by atoms with Crippen LogP contribution in [0.15, 0.2) is 194 Å². The van der Waals surface area contributed by atoms with E-state index in [1.54, 1.807) is 0 Å². The number of hydrogen-bond donors (Lipinski definition) is 0. The zero-order chi connectivity index (χ0) is 53.2. The van der Waals surface area contributed by atoms with Gasteiger partial charge in [0.05, 0.1) is 5.69 Å². The lowest BCUT2D eigenvalue weighted by Crippen LogP contribution is -2.61. The molecule has 0 saturated heterocycles. The van der Waals surface area contributed by atoms with E-state index in [0.29, 0.717) is 0 Å². The average Bonchev–Trinajstić information content (AvgIpc) is 3.60. The van der Waals surface area contributed by atoms with Crippen LogP contribution in [0, 0.1) is 0 Å². The van der Waals surface area contributed by atoms with E-state index in [-0.39, 0.29) is 35.1 Å².